The fraction of sp³-hybridized carbons (Fsp3) is 0.400. The molecular weight excluding hydrogens is 484 g/mol. The lowest BCUT2D eigenvalue weighted by Gasteiger charge is -2.37. The van der Waals surface area contributed by atoms with Gasteiger partial charge in [-0.3, -0.25) is 9.59 Å². The van der Waals surface area contributed by atoms with Gasteiger partial charge in [0.2, 0.25) is 11.8 Å². The van der Waals surface area contributed by atoms with Crippen LogP contribution in [0, 0.1) is 6.92 Å². The van der Waals surface area contributed by atoms with Gasteiger partial charge >= 0.3 is 0 Å². The summed E-state index contributed by atoms with van der Waals surface area (Å²) in [6.45, 7) is 4.25. The molecule has 2 aliphatic heterocycles. The minimum atomic E-state index is -0.183. The first kappa shape index (κ1) is 25.5. The molecule has 5 rings (SSSR count). The average Bonchev–Trinajstić information content (AvgIpc) is 3.60. The van der Waals surface area contributed by atoms with Gasteiger partial charge in [0, 0.05) is 24.6 Å². The second kappa shape index (κ2) is 11.9. The summed E-state index contributed by atoms with van der Waals surface area (Å²) in [5.74, 6) is 0.697. The van der Waals surface area contributed by atoms with Crippen molar-refractivity contribution in [3.05, 3.63) is 87.6 Å². The van der Waals surface area contributed by atoms with Crippen LogP contribution >= 0.6 is 11.3 Å². The van der Waals surface area contributed by atoms with E-state index in [0.717, 1.165) is 36.1 Å². The maximum Gasteiger partial charge on any atom is 0.242 e. The Labute approximate surface area is 222 Å². The number of amides is 2. The molecule has 37 heavy (non-hydrogen) atoms. The van der Waals surface area contributed by atoms with Crippen LogP contribution in [-0.4, -0.2) is 60.6 Å². The third kappa shape index (κ3) is 6.40. The minimum Gasteiger partial charge on any atom is -0.491 e. The van der Waals surface area contributed by atoms with E-state index in [2.05, 4.69) is 11.4 Å². The van der Waals surface area contributed by atoms with Gasteiger partial charge in [-0.15, -0.1) is 11.3 Å². The maximum absolute atomic E-state index is 13.8. The Hall–Kier alpha value is -3.16. The standard InChI is InChI=1S/C30H34N2O4S/c1-22-9-11-24(12-10-22)36-21-27-26-14-17-37-28(26)13-15-32(27)30(34)20-31(19-25-8-5-16-35-25)29(33)18-23-6-3-2-4-7-23/h2-4,6-7,9-12,14,17,25,27H,5,8,13,15-16,18-21H2,1H3/t25-,27+/m1/s1. The van der Waals surface area contributed by atoms with Crippen LogP contribution < -0.4 is 4.74 Å². The van der Waals surface area contributed by atoms with Gasteiger partial charge in [-0.1, -0.05) is 48.0 Å². The van der Waals surface area contributed by atoms with Crippen molar-refractivity contribution in [1.29, 1.82) is 0 Å². The summed E-state index contributed by atoms with van der Waals surface area (Å²) in [4.78, 5) is 32.1. The minimum absolute atomic E-state index is 0.0157. The monoisotopic (exact) mass is 518 g/mol. The van der Waals surface area contributed by atoms with E-state index in [1.807, 2.05) is 66.4 Å². The van der Waals surface area contributed by atoms with Crippen molar-refractivity contribution < 1.29 is 19.1 Å². The first-order valence-electron chi connectivity index (χ1n) is 13.1. The highest BCUT2D eigenvalue weighted by Gasteiger charge is 2.34. The van der Waals surface area contributed by atoms with Crippen molar-refractivity contribution in [2.45, 2.75) is 44.8 Å². The molecule has 194 valence electrons. The van der Waals surface area contributed by atoms with Crippen molar-refractivity contribution in [2.75, 3.05) is 32.8 Å². The quantitative estimate of drug-likeness (QED) is 0.408. The topological polar surface area (TPSA) is 59.1 Å². The zero-order valence-corrected chi connectivity index (χ0v) is 22.1. The molecule has 6 nitrogen and oxygen atoms in total. The normalized spacial score (nSPS) is 18.9. The highest BCUT2D eigenvalue weighted by molar-refractivity contribution is 7.10. The largest absolute Gasteiger partial charge is 0.491 e. The smallest absolute Gasteiger partial charge is 0.242 e. The van der Waals surface area contributed by atoms with Gasteiger partial charge in [-0.05, 0) is 60.9 Å². The molecular formula is C30H34N2O4S. The molecule has 0 spiro atoms. The van der Waals surface area contributed by atoms with E-state index in [1.165, 1.54) is 10.4 Å². The van der Waals surface area contributed by atoms with Crippen LogP contribution in [0.2, 0.25) is 0 Å². The van der Waals surface area contributed by atoms with E-state index >= 15 is 0 Å². The lowest BCUT2D eigenvalue weighted by molar-refractivity contribution is -0.143. The molecule has 2 aromatic carbocycles. The number of fused-ring (bicyclic) bond motifs is 1. The molecule has 0 bridgehead atoms. The van der Waals surface area contributed by atoms with Crippen molar-refractivity contribution in [2.24, 2.45) is 0 Å². The van der Waals surface area contributed by atoms with Gasteiger partial charge in [0.05, 0.1) is 25.1 Å². The molecule has 0 unspecified atom stereocenters. The Morgan fingerprint density at radius 1 is 1.11 bits per heavy atom. The van der Waals surface area contributed by atoms with E-state index in [-0.39, 0.29) is 36.9 Å². The second-order valence-electron chi connectivity index (χ2n) is 9.85. The summed E-state index contributed by atoms with van der Waals surface area (Å²) in [6.07, 6.45) is 2.99. The predicted molar refractivity (Wildman–Crippen MR) is 145 cm³/mol. The molecule has 3 heterocycles. The SMILES string of the molecule is Cc1ccc(OC[C@H]2c3ccsc3CCN2C(=O)CN(C[C@H]2CCCO2)C(=O)Cc2ccccc2)cc1. The molecule has 2 amide bonds. The summed E-state index contributed by atoms with van der Waals surface area (Å²) in [5.41, 5.74) is 3.27. The van der Waals surface area contributed by atoms with E-state index in [1.54, 1.807) is 16.2 Å². The summed E-state index contributed by atoms with van der Waals surface area (Å²) in [6, 6.07) is 19.6. The number of hydrogen-bond donors (Lipinski definition) is 0. The lowest BCUT2D eigenvalue weighted by Crippen LogP contribution is -2.49. The van der Waals surface area contributed by atoms with Crippen LogP contribution in [0.3, 0.4) is 0 Å². The van der Waals surface area contributed by atoms with Gasteiger partial charge in [-0.2, -0.15) is 0 Å². The number of nitrogens with zero attached hydrogens (tertiary/aromatic N) is 2. The number of carbonyl (C=O) groups is 2. The molecule has 0 N–H and O–H groups in total. The van der Waals surface area contributed by atoms with E-state index in [4.69, 9.17) is 9.47 Å². The first-order valence-corrected chi connectivity index (χ1v) is 13.9. The van der Waals surface area contributed by atoms with Gasteiger partial charge in [0.1, 0.15) is 12.4 Å². The Balaban J connectivity index is 1.31. The molecule has 1 fully saturated rings. The molecule has 1 aromatic heterocycles. The second-order valence-corrected chi connectivity index (χ2v) is 10.8. The Kier molecular flexibility index (Phi) is 8.21. The number of rotatable bonds is 9. The number of carbonyl (C=O) groups excluding carboxylic acids is 2. The number of ether oxygens (including phenoxy) is 2. The molecule has 0 radical (unpaired) electrons. The number of benzene rings is 2. The average molecular weight is 519 g/mol. The zero-order valence-electron chi connectivity index (χ0n) is 21.3. The Bertz CT molecular complexity index is 1190. The number of aryl methyl sites for hydroxylation is 1. The van der Waals surface area contributed by atoms with Gasteiger partial charge in [-0.25, -0.2) is 0 Å². The maximum atomic E-state index is 13.8. The first-order chi connectivity index (χ1) is 18.1. The summed E-state index contributed by atoms with van der Waals surface area (Å²) in [7, 11) is 0. The molecule has 2 atom stereocenters. The molecule has 0 saturated carbocycles. The van der Waals surface area contributed by atoms with Crippen LogP contribution in [0.4, 0.5) is 0 Å². The van der Waals surface area contributed by atoms with Crippen molar-refractivity contribution in [1.82, 2.24) is 9.80 Å². The van der Waals surface area contributed by atoms with Crippen molar-refractivity contribution in [3.63, 3.8) is 0 Å². The van der Waals surface area contributed by atoms with Crippen molar-refractivity contribution in [3.8, 4) is 5.75 Å². The molecule has 0 aliphatic carbocycles. The Morgan fingerprint density at radius 3 is 2.68 bits per heavy atom. The molecule has 1 saturated heterocycles. The summed E-state index contributed by atoms with van der Waals surface area (Å²) >= 11 is 1.73. The van der Waals surface area contributed by atoms with E-state index < -0.39 is 0 Å². The fourth-order valence-corrected chi connectivity index (χ4v) is 6.04. The summed E-state index contributed by atoms with van der Waals surface area (Å²) < 4.78 is 12.0. The zero-order chi connectivity index (χ0) is 25.6. The fourth-order valence-electron chi connectivity index (χ4n) is 5.11. The van der Waals surface area contributed by atoms with Crippen LogP contribution in [0.25, 0.3) is 0 Å². The third-order valence-electron chi connectivity index (χ3n) is 7.17. The number of thiophene rings is 1. The van der Waals surface area contributed by atoms with Gasteiger partial charge in [0.15, 0.2) is 0 Å². The van der Waals surface area contributed by atoms with Gasteiger partial charge < -0.3 is 19.3 Å². The van der Waals surface area contributed by atoms with Crippen LogP contribution in [-0.2, 0) is 27.2 Å². The van der Waals surface area contributed by atoms with Crippen LogP contribution in [0.5, 0.6) is 5.75 Å². The van der Waals surface area contributed by atoms with Crippen LogP contribution in [0.1, 0.15) is 40.5 Å². The highest BCUT2D eigenvalue weighted by Crippen LogP contribution is 2.34. The van der Waals surface area contributed by atoms with E-state index in [0.29, 0.717) is 26.3 Å². The third-order valence-corrected chi connectivity index (χ3v) is 8.17. The molecule has 2 aliphatic rings. The predicted octanol–water partition coefficient (Wildman–Crippen LogP) is 4.81. The Morgan fingerprint density at radius 2 is 1.92 bits per heavy atom. The van der Waals surface area contributed by atoms with Gasteiger partial charge in [0.25, 0.3) is 0 Å². The lowest BCUT2D eigenvalue weighted by atomic mass is 10.00. The summed E-state index contributed by atoms with van der Waals surface area (Å²) in [5, 5.41) is 2.09. The van der Waals surface area contributed by atoms with Crippen LogP contribution in [0.15, 0.2) is 66.0 Å². The van der Waals surface area contributed by atoms with Crippen molar-refractivity contribution >= 4 is 23.2 Å². The number of hydrogen-bond acceptors (Lipinski definition) is 5. The van der Waals surface area contributed by atoms with E-state index in [9.17, 15) is 9.59 Å². The highest BCUT2D eigenvalue weighted by atomic mass is 32.1. The molecule has 7 heteroatoms. The molecule has 3 aromatic rings.